The molecule has 0 aliphatic carbocycles. The minimum Gasteiger partial charge on any atom is -0.481 e. The van der Waals surface area contributed by atoms with Gasteiger partial charge in [0.1, 0.15) is 0 Å². The van der Waals surface area contributed by atoms with E-state index in [0.29, 0.717) is 6.61 Å². The number of rotatable bonds is 7. The summed E-state index contributed by atoms with van der Waals surface area (Å²) in [7, 11) is 1.67. The third-order valence-corrected chi connectivity index (χ3v) is 4.57. The number of aliphatic carboxylic acids is 1. The number of aromatic nitrogens is 2. The lowest BCUT2D eigenvalue weighted by Crippen LogP contribution is -2.15. The van der Waals surface area contributed by atoms with Crippen LogP contribution in [0, 0.1) is 0 Å². The van der Waals surface area contributed by atoms with Crippen LogP contribution in [0.3, 0.4) is 0 Å². The first kappa shape index (κ1) is 16.3. The molecule has 7 heteroatoms. The summed E-state index contributed by atoms with van der Waals surface area (Å²) in [5.74, 6) is -0.854. The Labute approximate surface area is 135 Å². The standard InChI is InChI=1S/C14H17BrN2O3S/c1-3-10(7-20-2)17-12-6-9(15)4-5-11(12)16-14(17)21-8-13(18)19/h4-6,10H,3,7-8H2,1-2H3,(H,18,19). The molecule has 0 radical (unpaired) electrons. The Balaban J connectivity index is 2.51. The molecule has 0 fully saturated rings. The first-order valence-corrected chi connectivity index (χ1v) is 8.35. The van der Waals surface area contributed by atoms with Crippen molar-refractivity contribution in [3.63, 3.8) is 0 Å². The summed E-state index contributed by atoms with van der Waals surface area (Å²) in [6, 6.07) is 6.00. The quantitative estimate of drug-likeness (QED) is 0.752. The summed E-state index contributed by atoms with van der Waals surface area (Å²) in [6.45, 7) is 2.65. The number of hydrogen-bond donors (Lipinski definition) is 1. The minimum absolute atomic E-state index is 0.00604. The number of methoxy groups -OCH3 is 1. The van der Waals surface area contributed by atoms with Crippen LogP contribution in [-0.4, -0.2) is 40.1 Å². The molecule has 2 aromatic rings. The molecule has 0 aliphatic heterocycles. The van der Waals surface area contributed by atoms with E-state index in [4.69, 9.17) is 9.84 Å². The van der Waals surface area contributed by atoms with Gasteiger partial charge in [-0.2, -0.15) is 0 Å². The van der Waals surface area contributed by atoms with Gasteiger partial charge < -0.3 is 14.4 Å². The predicted molar refractivity (Wildman–Crippen MR) is 87.0 cm³/mol. The van der Waals surface area contributed by atoms with Crippen LogP contribution in [-0.2, 0) is 9.53 Å². The van der Waals surface area contributed by atoms with E-state index >= 15 is 0 Å². The highest BCUT2D eigenvalue weighted by Gasteiger charge is 2.19. The summed E-state index contributed by atoms with van der Waals surface area (Å²) in [4.78, 5) is 15.4. The number of fused-ring (bicyclic) bond motifs is 1. The second-order valence-electron chi connectivity index (χ2n) is 4.60. The molecule has 1 unspecified atom stereocenters. The SMILES string of the molecule is CCC(COC)n1c(SCC(=O)O)nc2ccc(Br)cc21. The summed E-state index contributed by atoms with van der Waals surface area (Å²) >= 11 is 4.71. The van der Waals surface area contributed by atoms with Crippen molar-refractivity contribution < 1.29 is 14.6 Å². The van der Waals surface area contributed by atoms with Gasteiger partial charge in [-0.3, -0.25) is 4.79 Å². The van der Waals surface area contributed by atoms with Gasteiger partial charge in [0.2, 0.25) is 0 Å². The van der Waals surface area contributed by atoms with E-state index in [1.807, 2.05) is 18.2 Å². The number of carbonyl (C=O) groups is 1. The number of carboxylic acid groups (broad SMARTS) is 1. The largest absolute Gasteiger partial charge is 0.481 e. The maximum absolute atomic E-state index is 10.8. The molecule has 0 saturated carbocycles. The highest BCUT2D eigenvalue weighted by molar-refractivity contribution is 9.10. The van der Waals surface area contributed by atoms with Gasteiger partial charge in [-0.1, -0.05) is 34.6 Å². The summed E-state index contributed by atoms with van der Waals surface area (Å²) in [6.07, 6.45) is 0.881. The molecule has 0 amide bonds. The maximum Gasteiger partial charge on any atom is 0.313 e. The van der Waals surface area contributed by atoms with Crippen LogP contribution in [0.1, 0.15) is 19.4 Å². The lowest BCUT2D eigenvalue weighted by Gasteiger charge is -2.19. The van der Waals surface area contributed by atoms with Crippen molar-refractivity contribution in [3.8, 4) is 0 Å². The van der Waals surface area contributed by atoms with E-state index in [9.17, 15) is 4.79 Å². The van der Waals surface area contributed by atoms with Crippen molar-refractivity contribution >= 4 is 44.7 Å². The average molecular weight is 373 g/mol. The van der Waals surface area contributed by atoms with E-state index in [1.165, 1.54) is 11.8 Å². The van der Waals surface area contributed by atoms with Crippen molar-refractivity contribution in [3.05, 3.63) is 22.7 Å². The minimum atomic E-state index is -0.848. The number of thioether (sulfide) groups is 1. The van der Waals surface area contributed by atoms with Gasteiger partial charge in [0, 0.05) is 11.6 Å². The summed E-state index contributed by atoms with van der Waals surface area (Å²) in [5, 5.41) is 9.61. The molecule has 1 aromatic heterocycles. The summed E-state index contributed by atoms with van der Waals surface area (Å²) in [5.41, 5.74) is 1.85. The fourth-order valence-corrected chi connectivity index (χ4v) is 3.34. The Morgan fingerprint density at radius 1 is 1.57 bits per heavy atom. The number of hydrogen-bond acceptors (Lipinski definition) is 4. The topological polar surface area (TPSA) is 64.3 Å². The first-order valence-electron chi connectivity index (χ1n) is 6.57. The van der Waals surface area contributed by atoms with Crippen molar-refractivity contribution in [2.24, 2.45) is 0 Å². The highest BCUT2D eigenvalue weighted by atomic mass is 79.9. The average Bonchev–Trinajstić information content (AvgIpc) is 2.80. The maximum atomic E-state index is 10.8. The number of ether oxygens (including phenoxy) is 1. The molecule has 1 N–H and O–H groups in total. The molecule has 114 valence electrons. The number of imidazole rings is 1. The molecule has 0 aliphatic rings. The predicted octanol–water partition coefficient (Wildman–Crippen LogP) is 3.57. The zero-order valence-corrected chi connectivity index (χ0v) is 14.3. The fourth-order valence-electron chi connectivity index (χ4n) is 2.19. The third kappa shape index (κ3) is 3.78. The third-order valence-electron chi connectivity index (χ3n) is 3.14. The van der Waals surface area contributed by atoms with E-state index in [-0.39, 0.29) is 11.8 Å². The molecule has 1 heterocycles. The normalized spacial score (nSPS) is 12.7. The molecular weight excluding hydrogens is 356 g/mol. The number of nitrogens with zero attached hydrogens (tertiary/aromatic N) is 2. The second-order valence-corrected chi connectivity index (χ2v) is 6.46. The summed E-state index contributed by atoms with van der Waals surface area (Å²) < 4.78 is 8.34. The van der Waals surface area contributed by atoms with Crippen molar-refractivity contribution in [2.45, 2.75) is 24.5 Å². The number of carboxylic acids is 1. The van der Waals surface area contributed by atoms with E-state index < -0.39 is 5.97 Å². The van der Waals surface area contributed by atoms with E-state index in [2.05, 4.69) is 32.4 Å². The number of benzene rings is 1. The molecule has 0 saturated heterocycles. The second kappa shape index (κ2) is 7.29. The molecular formula is C14H17BrN2O3S. The molecule has 1 aromatic carbocycles. The molecule has 2 rings (SSSR count). The van der Waals surface area contributed by atoms with Gasteiger partial charge in [0.15, 0.2) is 5.16 Å². The Kier molecular flexibility index (Phi) is 5.66. The smallest absolute Gasteiger partial charge is 0.313 e. The number of halogens is 1. The van der Waals surface area contributed by atoms with Gasteiger partial charge in [-0.05, 0) is 24.6 Å². The Morgan fingerprint density at radius 2 is 2.33 bits per heavy atom. The molecule has 1 atom stereocenters. The Hall–Kier alpha value is -1.05. The molecule has 21 heavy (non-hydrogen) atoms. The zero-order valence-electron chi connectivity index (χ0n) is 11.9. The zero-order chi connectivity index (χ0) is 15.4. The van der Waals surface area contributed by atoms with Crippen LogP contribution in [0.5, 0.6) is 0 Å². The molecule has 0 spiro atoms. The Morgan fingerprint density at radius 3 is 2.95 bits per heavy atom. The van der Waals surface area contributed by atoms with E-state index in [0.717, 1.165) is 27.1 Å². The van der Waals surface area contributed by atoms with Crippen LogP contribution in [0.25, 0.3) is 11.0 Å². The van der Waals surface area contributed by atoms with Crippen molar-refractivity contribution in [1.29, 1.82) is 0 Å². The van der Waals surface area contributed by atoms with Crippen molar-refractivity contribution in [1.82, 2.24) is 9.55 Å². The van der Waals surface area contributed by atoms with Gasteiger partial charge >= 0.3 is 5.97 Å². The molecule has 0 bridgehead atoms. The van der Waals surface area contributed by atoms with Gasteiger partial charge in [-0.15, -0.1) is 0 Å². The van der Waals surface area contributed by atoms with Gasteiger partial charge in [-0.25, -0.2) is 4.98 Å². The van der Waals surface area contributed by atoms with Crippen LogP contribution < -0.4 is 0 Å². The highest BCUT2D eigenvalue weighted by Crippen LogP contribution is 2.31. The van der Waals surface area contributed by atoms with Crippen LogP contribution in [0.2, 0.25) is 0 Å². The van der Waals surface area contributed by atoms with Crippen LogP contribution in [0.4, 0.5) is 0 Å². The monoisotopic (exact) mass is 372 g/mol. The fraction of sp³-hybridized carbons (Fsp3) is 0.429. The lowest BCUT2D eigenvalue weighted by molar-refractivity contribution is -0.133. The van der Waals surface area contributed by atoms with Crippen LogP contribution in [0.15, 0.2) is 27.8 Å². The van der Waals surface area contributed by atoms with E-state index in [1.54, 1.807) is 7.11 Å². The Bertz CT molecular complexity index is 644. The van der Waals surface area contributed by atoms with Crippen molar-refractivity contribution in [2.75, 3.05) is 19.5 Å². The van der Waals surface area contributed by atoms with Gasteiger partial charge in [0.05, 0.1) is 29.4 Å². The van der Waals surface area contributed by atoms with Gasteiger partial charge in [0.25, 0.3) is 0 Å². The van der Waals surface area contributed by atoms with Crippen LogP contribution >= 0.6 is 27.7 Å². The first-order chi connectivity index (χ1) is 10.1. The lowest BCUT2D eigenvalue weighted by atomic mass is 10.2. The molecule has 5 nitrogen and oxygen atoms in total.